The molecule has 2 saturated heterocycles. The van der Waals surface area contributed by atoms with Crippen LogP contribution in [0.1, 0.15) is 19.3 Å². The van der Waals surface area contributed by atoms with E-state index in [0.29, 0.717) is 12.1 Å². The van der Waals surface area contributed by atoms with Crippen molar-refractivity contribution in [2.45, 2.75) is 37.4 Å². The third-order valence-corrected chi connectivity index (χ3v) is 4.32. The maximum Gasteiger partial charge on any atom is 0.0429 e. The highest BCUT2D eigenvalue weighted by Crippen LogP contribution is 2.32. The summed E-state index contributed by atoms with van der Waals surface area (Å²) in [4.78, 5) is 4.18. The summed E-state index contributed by atoms with van der Waals surface area (Å²) in [6.07, 6.45) is 7.72. The Bertz CT molecular complexity index is 575. The van der Waals surface area contributed by atoms with Crippen molar-refractivity contribution in [1.82, 2.24) is 10.3 Å². The maximum atomic E-state index is 4.18. The number of aromatic nitrogens is 1. The van der Waals surface area contributed by atoms with Crippen LogP contribution in [0.5, 0.6) is 0 Å². The Balaban J connectivity index is 1.67. The molecule has 0 spiro atoms. The number of nitrogens with zero attached hydrogens (tertiary/aromatic N) is 1. The van der Waals surface area contributed by atoms with Gasteiger partial charge in [0.15, 0.2) is 0 Å². The summed E-state index contributed by atoms with van der Waals surface area (Å²) < 4.78 is 0. The largest absolute Gasteiger partial charge is 0.380 e. The zero-order chi connectivity index (χ0) is 11.9. The molecule has 2 aliphatic heterocycles. The molecule has 92 valence electrons. The van der Waals surface area contributed by atoms with Crippen LogP contribution < -0.4 is 10.6 Å². The number of rotatable bonds is 2. The minimum atomic E-state index is 0.586. The van der Waals surface area contributed by atoms with Crippen molar-refractivity contribution in [3.05, 3.63) is 36.7 Å². The second-order valence-electron chi connectivity index (χ2n) is 5.44. The molecule has 0 radical (unpaired) electrons. The first-order chi connectivity index (χ1) is 8.90. The van der Waals surface area contributed by atoms with Crippen molar-refractivity contribution in [2.75, 3.05) is 5.32 Å². The van der Waals surface area contributed by atoms with Crippen LogP contribution in [0, 0.1) is 0 Å². The molecule has 3 heteroatoms. The number of nitrogens with one attached hydrogen (secondary N) is 2. The molecule has 2 bridgehead atoms. The van der Waals surface area contributed by atoms with Gasteiger partial charge in [0.25, 0.3) is 0 Å². The number of hydrogen-bond donors (Lipinski definition) is 2. The average molecular weight is 239 g/mol. The summed E-state index contributed by atoms with van der Waals surface area (Å²) in [5.74, 6) is 0. The summed E-state index contributed by atoms with van der Waals surface area (Å²) in [6.45, 7) is 0. The maximum absolute atomic E-state index is 4.18. The van der Waals surface area contributed by atoms with Crippen LogP contribution in [-0.4, -0.2) is 23.1 Å². The first-order valence-corrected chi connectivity index (χ1v) is 6.75. The molecule has 2 aromatic rings. The van der Waals surface area contributed by atoms with E-state index < -0.39 is 0 Å². The van der Waals surface area contributed by atoms with E-state index in [-0.39, 0.29) is 0 Å². The fraction of sp³-hybridized carbons (Fsp3) is 0.400. The summed E-state index contributed by atoms with van der Waals surface area (Å²) in [5, 5.41) is 9.88. The van der Waals surface area contributed by atoms with Crippen LogP contribution in [-0.2, 0) is 0 Å². The quantitative estimate of drug-likeness (QED) is 0.845. The molecule has 18 heavy (non-hydrogen) atoms. The summed E-state index contributed by atoms with van der Waals surface area (Å²) in [5.41, 5.74) is 1.24. The predicted molar refractivity (Wildman–Crippen MR) is 73.7 cm³/mol. The van der Waals surface area contributed by atoms with Crippen molar-refractivity contribution in [1.29, 1.82) is 0 Å². The van der Waals surface area contributed by atoms with Crippen LogP contribution in [0.4, 0.5) is 5.69 Å². The lowest BCUT2D eigenvalue weighted by Gasteiger charge is -2.23. The molecule has 0 aliphatic carbocycles. The van der Waals surface area contributed by atoms with Gasteiger partial charge in [-0.2, -0.15) is 0 Å². The van der Waals surface area contributed by atoms with Crippen LogP contribution in [0.25, 0.3) is 10.8 Å². The Morgan fingerprint density at radius 1 is 1.22 bits per heavy atom. The van der Waals surface area contributed by atoms with Crippen LogP contribution >= 0.6 is 0 Å². The van der Waals surface area contributed by atoms with Crippen molar-refractivity contribution < 1.29 is 0 Å². The van der Waals surface area contributed by atoms with Gasteiger partial charge in [-0.1, -0.05) is 12.1 Å². The molecule has 1 aromatic heterocycles. The lowest BCUT2D eigenvalue weighted by molar-refractivity contribution is 0.528. The topological polar surface area (TPSA) is 37.0 Å². The Labute approximate surface area is 107 Å². The Kier molecular flexibility index (Phi) is 2.27. The van der Waals surface area contributed by atoms with Gasteiger partial charge in [-0.25, -0.2) is 0 Å². The standard InChI is InChI=1S/C15H17N3/c1-2-10-9-16-7-6-12(10)13(3-1)18-15-8-11-4-5-14(15)17-11/h1-3,6-7,9,11,14-15,17-18H,4-5,8H2. The third kappa shape index (κ3) is 1.58. The van der Waals surface area contributed by atoms with E-state index in [9.17, 15) is 0 Å². The molecule has 3 atom stereocenters. The van der Waals surface area contributed by atoms with Gasteiger partial charge in [-0.15, -0.1) is 0 Å². The molecule has 2 fully saturated rings. The zero-order valence-corrected chi connectivity index (χ0v) is 10.3. The number of hydrogen-bond acceptors (Lipinski definition) is 3. The molecule has 3 unspecified atom stereocenters. The lowest BCUT2D eigenvalue weighted by atomic mass is 9.95. The number of anilines is 1. The smallest absolute Gasteiger partial charge is 0.0429 e. The molecular formula is C15H17N3. The first-order valence-electron chi connectivity index (χ1n) is 6.75. The van der Waals surface area contributed by atoms with E-state index in [1.165, 1.54) is 35.7 Å². The van der Waals surface area contributed by atoms with Gasteiger partial charge in [0.05, 0.1) is 0 Å². The van der Waals surface area contributed by atoms with Gasteiger partial charge in [0.2, 0.25) is 0 Å². The van der Waals surface area contributed by atoms with Crippen molar-refractivity contribution >= 4 is 16.5 Å². The van der Waals surface area contributed by atoms with Gasteiger partial charge in [-0.05, 0) is 31.4 Å². The van der Waals surface area contributed by atoms with Gasteiger partial charge in [0.1, 0.15) is 0 Å². The summed E-state index contributed by atoms with van der Waals surface area (Å²) >= 11 is 0. The number of benzene rings is 1. The molecular weight excluding hydrogens is 222 g/mol. The molecule has 3 heterocycles. The summed E-state index contributed by atoms with van der Waals surface area (Å²) in [6, 6.07) is 10.5. The van der Waals surface area contributed by atoms with Gasteiger partial charge in [-0.3, -0.25) is 4.98 Å². The zero-order valence-electron chi connectivity index (χ0n) is 10.3. The third-order valence-electron chi connectivity index (χ3n) is 4.32. The van der Waals surface area contributed by atoms with Gasteiger partial charge in [0, 0.05) is 47.0 Å². The van der Waals surface area contributed by atoms with Crippen molar-refractivity contribution in [2.24, 2.45) is 0 Å². The molecule has 0 saturated carbocycles. The minimum Gasteiger partial charge on any atom is -0.380 e. The lowest BCUT2D eigenvalue weighted by Crippen LogP contribution is -2.33. The van der Waals surface area contributed by atoms with E-state index in [0.717, 1.165) is 6.04 Å². The fourth-order valence-corrected chi connectivity index (χ4v) is 3.43. The molecule has 2 aliphatic rings. The second kappa shape index (κ2) is 3.95. The molecule has 2 N–H and O–H groups in total. The Morgan fingerprint density at radius 3 is 3.06 bits per heavy atom. The molecule has 0 amide bonds. The van der Waals surface area contributed by atoms with Crippen LogP contribution in [0.15, 0.2) is 36.7 Å². The van der Waals surface area contributed by atoms with E-state index in [1.807, 2.05) is 12.4 Å². The fourth-order valence-electron chi connectivity index (χ4n) is 3.43. The monoisotopic (exact) mass is 239 g/mol. The highest BCUT2D eigenvalue weighted by Gasteiger charge is 2.38. The van der Waals surface area contributed by atoms with Crippen molar-refractivity contribution in [3.8, 4) is 0 Å². The van der Waals surface area contributed by atoms with Crippen LogP contribution in [0.3, 0.4) is 0 Å². The predicted octanol–water partition coefficient (Wildman–Crippen LogP) is 2.54. The molecule has 1 aromatic carbocycles. The summed E-state index contributed by atoms with van der Waals surface area (Å²) in [7, 11) is 0. The van der Waals surface area contributed by atoms with Gasteiger partial charge < -0.3 is 10.6 Å². The Hall–Kier alpha value is -1.61. The van der Waals surface area contributed by atoms with Crippen molar-refractivity contribution in [3.63, 3.8) is 0 Å². The van der Waals surface area contributed by atoms with E-state index in [2.05, 4.69) is 39.9 Å². The Morgan fingerprint density at radius 2 is 2.22 bits per heavy atom. The number of pyridine rings is 1. The second-order valence-corrected chi connectivity index (χ2v) is 5.44. The minimum absolute atomic E-state index is 0.586. The first kappa shape index (κ1) is 10.3. The average Bonchev–Trinajstić information content (AvgIpc) is 3.01. The SMILES string of the molecule is c1cc(NC2CC3CCC2N3)c2ccncc2c1. The number of fused-ring (bicyclic) bond motifs is 3. The normalized spacial score (nSPS) is 29.9. The highest BCUT2D eigenvalue weighted by atomic mass is 15.1. The van der Waals surface area contributed by atoms with Crippen LogP contribution in [0.2, 0.25) is 0 Å². The van der Waals surface area contributed by atoms with E-state index in [4.69, 9.17) is 0 Å². The molecule has 4 rings (SSSR count). The molecule has 3 nitrogen and oxygen atoms in total. The van der Waals surface area contributed by atoms with Gasteiger partial charge >= 0.3 is 0 Å². The van der Waals surface area contributed by atoms with E-state index in [1.54, 1.807) is 0 Å². The highest BCUT2D eigenvalue weighted by molar-refractivity contribution is 5.93. The van der Waals surface area contributed by atoms with E-state index >= 15 is 0 Å².